The molecule has 0 atom stereocenters. The van der Waals surface area contributed by atoms with E-state index in [1.54, 1.807) is 0 Å². The molecule has 0 aliphatic heterocycles. The van der Waals surface area contributed by atoms with Crippen LogP contribution in [0.15, 0.2) is 0 Å². The SMILES string of the molecule is Cc1nn(C(C)C)c(NCCC(=O)NC(C)(C)C)c1N. The van der Waals surface area contributed by atoms with E-state index in [0.29, 0.717) is 18.7 Å². The Hall–Kier alpha value is -1.72. The van der Waals surface area contributed by atoms with Gasteiger partial charge < -0.3 is 16.4 Å². The van der Waals surface area contributed by atoms with Crippen molar-refractivity contribution >= 4 is 17.4 Å². The summed E-state index contributed by atoms with van der Waals surface area (Å²) in [6, 6.07) is 0.219. The number of rotatable bonds is 5. The Labute approximate surface area is 121 Å². The van der Waals surface area contributed by atoms with Gasteiger partial charge in [0.15, 0.2) is 0 Å². The van der Waals surface area contributed by atoms with Crippen LogP contribution in [-0.2, 0) is 4.79 Å². The molecule has 1 aromatic rings. The first-order valence-corrected chi connectivity index (χ1v) is 7.01. The van der Waals surface area contributed by atoms with Crippen LogP contribution in [0.2, 0.25) is 0 Å². The lowest BCUT2D eigenvalue weighted by Crippen LogP contribution is -2.41. The van der Waals surface area contributed by atoms with Gasteiger partial charge in [0.1, 0.15) is 5.82 Å². The first-order valence-electron chi connectivity index (χ1n) is 7.01. The monoisotopic (exact) mass is 281 g/mol. The molecule has 0 radical (unpaired) electrons. The standard InChI is InChI=1S/C14H27N5O/c1-9(2)19-13(12(15)10(3)18-19)16-8-7-11(20)17-14(4,5)6/h9,16H,7-8,15H2,1-6H3,(H,17,20). The van der Waals surface area contributed by atoms with Gasteiger partial charge in [0.25, 0.3) is 0 Å². The predicted molar refractivity (Wildman–Crippen MR) is 82.8 cm³/mol. The van der Waals surface area contributed by atoms with E-state index in [-0.39, 0.29) is 17.5 Å². The van der Waals surface area contributed by atoms with Crippen LogP contribution in [0.1, 0.15) is 52.8 Å². The second-order valence-corrected chi connectivity index (χ2v) is 6.36. The second-order valence-electron chi connectivity index (χ2n) is 6.36. The Kier molecular flexibility index (Phi) is 5.03. The highest BCUT2D eigenvalue weighted by Crippen LogP contribution is 2.25. The number of hydrogen-bond donors (Lipinski definition) is 3. The van der Waals surface area contributed by atoms with Crippen molar-refractivity contribution in [2.75, 3.05) is 17.6 Å². The van der Waals surface area contributed by atoms with Gasteiger partial charge in [-0.2, -0.15) is 5.10 Å². The van der Waals surface area contributed by atoms with Crippen LogP contribution in [0.4, 0.5) is 11.5 Å². The molecule has 0 spiro atoms. The zero-order chi connectivity index (χ0) is 15.5. The fourth-order valence-corrected chi connectivity index (χ4v) is 1.89. The van der Waals surface area contributed by atoms with E-state index < -0.39 is 0 Å². The number of amides is 1. The molecule has 1 aromatic heterocycles. The fraction of sp³-hybridized carbons (Fsp3) is 0.714. The van der Waals surface area contributed by atoms with Crippen LogP contribution < -0.4 is 16.4 Å². The Morgan fingerprint density at radius 2 is 2.00 bits per heavy atom. The van der Waals surface area contributed by atoms with Crippen LogP contribution in [0.3, 0.4) is 0 Å². The van der Waals surface area contributed by atoms with E-state index in [2.05, 4.69) is 15.7 Å². The number of anilines is 2. The lowest BCUT2D eigenvalue weighted by Gasteiger charge is -2.20. The lowest BCUT2D eigenvalue weighted by atomic mass is 10.1. The van der Waals surface area contributed by atoms with Crippen LogP contribution in [0.25, 0.3) is 0 Å². The third-order valence-corrected chi connectivity index (χ3v) is 2.78. The number of aromatic nitrogens is 2. The molecule has 1 heterocycles. The maximum Gasteiger partial charge on any atom is 0.222 e. The minimum atomic E-state index is -0.202. The van der Waals surface area contributed by atoms with E-state index in [1.807, 2.05) is 46.2 Å². The number of nitrogen functional groups attached to an aromatic ring is 1. The van der Waals surface area contributed by atoms with Crippen molar-refractivity contribution in [3.8, 4) is 0 Å². The number of nitrogens with one attached hydrogen (secondary N) is 2. The highest BCUT2D eigenvalue weighted by Gasteiger charge is 2.16. The quantitative estimate of drug-likeness (QED) is 0.771. The van der Waals surface area contributed by atoms with Crippen molar-refractivity contribution in [3.63, 3.8) is 0 Å². The molecule has 1 rings (SSSR count). The number of aryl methyl sites for hydroxylation is 1. The zero-order valence-corrected chi connectivity index (χ0v) is 13.4. The Morgan fingerprint density at radius 1 is 1.40 bits per heavy atom. The summed E-state index contributed by atoms with van der Waals surface area (Å²) in [7, 11) is 0. The zero-order valence-electron chi connectivity index (χ0n) is 13.4. The smallest absolute Gasteiger partial charge is 0.222 e. The number of nitrogens with zero attached hydrogens (tertiary/aromatic N) is 2. The molecular formula is C14H27N5O. The van der Waals surface area contributed by atoms with Crippen LogP contribution >= 0.6 is 0 Å². The largest absolute Gasteiger partial charge is 0.394 e. The lowest BCUT2D eigenvalue weighted by molar-refractivity contribution is -0.122. The maximum atomic E-state index is 11.8. The van der Waals surface area contributed by atoms with Crippen molar-refractivity contribution in [2.24, 2.45) is 0 Å². The minimum Gasteiger partial charge on any atom is -0.394 e. The summed E-state index contributed by atoms with van der Waals surface area (Å²) in [6.07, 6.45) is 0.402. The predicted octanol–water partition coefficient (Wildman–Crippen LogP) is 2.07. The minimum absolute atomic E-state index is 0.0240. The highest BCUT2D eigenvalue weighted by atomic mass is 16.1. The molecule has 0 fully saturated rings. The van der Waals surface area contributed by atoms with Gasteiger partial charge in [0.2, 0.25) is 5.91 Å². The molecule has 6 heteroatoms. The Morgan fingerprint density at radius 3 is 2.50 bits per heavy atom. The fourth-order valence-electron chi connectivity index (χ4n) is 1.89. The van der Waals surface area contributed by atoms with Gasteiger partial charge in [-0.05, 0) is 41.5 Å². The summed E-state index contributed by atoms with van der Waals surface area (Å²) in [4.78, 5) is 11.8. The van der Waals surface area contributed by atoms with E-state index in [0.717, 1.165) is 11.5 Å². The molecule has 0 bridgehead atoms. The van der Waals surface area contributed by atoms with E-state index in [1.165, 1.54) is 0 Å². The Bertz CT molecular complexity index is 471. The van der Waals surface area contributed by atoms with Crippen molar-refractivity contribution in [2.45, 2.75) is 59.5 Å². The van der Waals surface area contributed by atoms with Crippen molar-refractivity contribution in [1.29, 1.82) is 0 Å². The van der Waals surface area contributed by atoms with Gasteiger partial charge in [0.05, 0.1) is 11.4 Å². The van der Waals surface area contributed by atoms with Crippen molar-refractivity contribution in [3.05, 3.63) is 5.69 Å². The summed E-state index contributed by atoms with van der Waals surface area (Å²) in [5.74, 6) is 0.817. The first kappa shape index (κ1) is 16.3. The summed E-state index contributed by atoms with van der Waals surface area (Å²) in [5.41, 5.74) is 7.27. The van der Waals surface area contributed by atoms with Gasteiger partial charge >= 0.3 is 0 Å². The Balaban J connectivity index is 2.60. The van der Waals surface area contributed by atoms with Crippen LogP contribution in [-0.4, -0.2) is 27.8 Å². The molecule has 6 nitrogen and oxygen atoms in total. The van der Waals surface area contributed by atoms with Gasteiger partial charge in [-0.1, -0.05) is 0 Å². The van der Waals surface area contributed by atoms with Crippen molar-refractivity contribution < 1.29 is 4.79 Å². The van der Waals surface area contributed by atoms with Gasteiger partial charge in [0, 0.05) is 24.5 Å². The molecule has 20 heavy (non-hydrogen) atoms. The molecule has 0 saturated heterocycles. The average molecular weight is 281 g/mol. The van der Waals surface area contributed by atoms with E-state index >= 15 is 0 Å². The summed E-state index contributed by atoms with van der Waals surface area (Å²) in [5, 5.41) is 10.5. The van der Waals surface area contributed by atoms with Crippen molar-refractivity contribution in [1.82, 2.24) is 15.1 Å². The molecule has 4 N–H and O–H groups in total. The van der Waals surface area contributed by atoms with E-state index in [4.69, 9.17) is 5.73 Å². The number of hydrogen-bond acceptors (Lipinski definition) is 4. The number of carbonyl (C=O) groups excluding carboxylic acids is 1. The summed E-state index contributed by atoms with van der Waals surface area (Å²) < 4.78 is 1.85. The molecule has 0 unspecified atom stereocenters. The van der Waals surface area contributed by atoms with Gasteiger partial charge in [-0.15, -0.1) is 0 Å². The van der Waals surface area contributed by atoms with Crippen LogP contribution in [0, 0.1) is 6.92 Å². The second kappa shape index (κ2) is 6.15. The normalized spacial score (nSPS) is 11.8. The maximum absolute atomic E-state index is 11.8. The molecule has 0 aliphatic carbocycles. The number of carbonyl (C=O) groups is 1. The van der Waals surface area contributed by atoms with Crippen LogP contribution in [0.5, 0.6) is 0 Å². The molecule has 0 saturated carbocycles. The third kappa shape index (κ3) is 4.43. The third-order valence-electron chi connectivity index (χ3n) is 2.78. The number of nitrogens with two attached hydrogens (primary N) is 1. The van der Waals surface area contributed by atoms with E-state index in [9.17, 15) is 4.79 Å². The topological polar surface area (TPSA) is 85.0 Å². The van der Waals surface area contributed by atoms with Gasteiger partial charge in [-0.3, -0.25) is 4.79 Å². The molecule has 0 aromatic carbocycles. The molecule has 1 amide bonds. The average Bonchev–Trinajstić information content (AvgIpc) is 2.54. The summed E-state index contributed by atoms with van der Waals surface area (Å²) >= 11 is 0. The highest BCUT2D eigenvalue weighted by molar-refractivity contribution is 5.77. The molecular weight excluding hydrogens is 254 g/mol. The van der Waals surface area contributed by atoms with Gasteiger partial charge in [-0.25, -0.2) is 4.68 Å². The molecule has 0 aliphatic rings. The summed E-state index contributed by atoms with van der Waals surface area (Å²) in [6.45, 7) is 12.4. The molecule has 114 valence electrons. The first-order chi connectivity index (χ1) is 9.11.